The van der Waals surface area contributed by atoms with Crippen LogP contribution in [0.25, 0.3) is 0 Å². The lowest BCUT2D eigenvalue weighted by atomic mass is 10.1. The van der Waals surface area contributed by atoms with Gasteiger partial charge in [-0.25, -0.2) is 9.97 Å². The summed E-state index contributed by atoms with van der Waals surface area (Å²) in [6, 6.07) is 1.96. The second-order valence-corrected chi connectivity index (χ2v) is 6.22. The van der Waals surface area contributed by atoms with Gasteiger partial charge in [0.25, 0.3) is 0 Å². The number of rotatable bonds is 7. The monoisotopic (exact) mass is 292 g/mol. The lowest BCUT2D eigenvalue weighted by Crippen LogP contribution is -2.22. The highest BCUT2D eigenvalue weighted by atomic mass is 16.3. The smallest absolute Gasteiger partial charge is 0.135 e. The van der Waals surface area contributed by atoms with Crippen molar-refractivity contribution in [2.24, 2.45) is 5.92 Å². The first-order valence-corrected chi connectivity index (χ1v) is 8.15. The van der Waals surface area contributed by atoms with E-state index in [0.29, 0.717) is 11.8 Å². The number of aromatic nitrogens is 2. The Kier molecular flexibility index (Phi) is 5.79. The van der Waals surface area contributed by atoms with E-state index in [1.165, 1.54) is 0 Å². The Balaban J connectivity index is 2.04. The Morgan fingerprint density at radius 1 is 1.24 bits per heavy atom. The van der Waals surface area contributed by atoms with Crippen molar-refractivity contribution in [3.05, 3.63) is 11.9 Å². The molecule has 0 radical (unpaired) electrons. The van der Waals surface area contributed by atoms with Crippen molar-refractivity contribution in [2.45, 2.75) is 58.5 Å². The van der Waals surface area contributed by atoms with E-state index in [1.807, 2.05) is 6.07 Å². The molecule has 21 heavy (non-hydrogen) atoms. The van der Waals surface area contributed by atoms with Crippen molar-refractivity contribution in [1.29, 1.82) is 0 Å². The molecule has 1 aliphatic carbocycles. The molecule has 3 N–H and O–H groups in total. The molecule has 2 rings (SSSR count). The molecule has 0 bridgehead atoms. The zero-order valence-corrected chi connectivity index (χ0v) is 13.4. The molecule has 0 aliphatic heterocycles. The maximum atomic E-state index is 9.90. The fourth-order valence-electron chi connectivity index (χ4n) is 2.65. The molecular weight excluding hydrogens is 264 g/mol. The quantitative estimate of drug-likeness (QED) is 0.720. The minimum absolute atomic E-state index is 0.165. The summed E-state index contributed by atoms with van der Waals surface area (Å²) < 4.78 is 0. The second kappa shape index (κ2) is 7.59. The van der Waals surface area contributed by atoms with E-state index >= 15 is 0 Å². The van der Waals surface area contributed by atoms with Crippen LogP contribution in [0.4, 0.5) is 11.6 Å². The third kappa shape index (κ3) is 4.56. The zero-order chi connectivity index (χ0) is 15.2. The molecule has 1 heterocycles. The maximum absolute atomic E-state index is 9.90. The summed E-state index contributed by atoms with van der Waals surface area (Å²) >= 11 is 0. The van der Waals surface area contributed by atoms with Crippen LogP contribution in [0.5, 0.6) is 0 Å². The van der Waals surface area contributed by atoms with Gasteiger partial charge in [-0.15, -0.1) is 0 Å². The Morgan fingerprint density at radius 3 is 2.52 bits per heavy atom. The first kappa shape index (κ1) is 16.0. The van der Waals surface area contributed by atoms with Gasteiger partial charge in [0.2, 0.25) is 0 Å². The Bertz CT molecular complexity index is 450. The molecule has 1 aromatic heterocycles. The van der Waals surface area contributed by atoms with Gasteiger partial charge in [0.15, 0.2) is 0 Å². The van der Waals surface area contributed by atoms with E-state index in [1.54, 1.807) is 0 Å². The molecule has 1 aliphatic rings. The highest BCUT2D eigenvalue weighted by Crippen LogP contribution is 2.26. The second-order valence-electron chi connectivity index (χ2n) is 6.22. The van der Waals surface area contributed by atoms with Gasteiger partial charge < -0.3 is 15.7 Å². The number of hydrogen-bond acceptors (Lipinski definition) is 5. The molecule has 0 aromatic carbocycles. The topological polar surface area (TPSA) is 70.1 Å². The van der Waals surface area contributed by atoms with Crippen LogP contribution in [0.3, 0.4) is 0 Å². The first-order chi connectivity index (χ1) is 10.1. The summed E-state index contributed by atoms with van der Waals surface area (Å²) in [5.41, 5.74) is 0. The van der Waals surface area contributed by atoms with Gasteiger partial charge >= 0.3 is 0 Å². The SMILES string of the molecule is CCCNc1cc(NCC2CCCC2O)nc(C(C)C)n1. The van der Waals surface area contributed by atoms with Crippen molar-refractivity contribution in [3.8, 4) is 0 Å². The van der Waals surface area contributed by atoms with Crippen molar-refractivity contribution in [2.75, 3.05) is 23.7 Å². The van der Waals surface area contributed by atoms with Gasteiger partial charge in [-0.1, -0.05) is 27.2 Å². The predicted molar refractivity (Wildman–Crippen MR) is 86.7 cm³/mol. The van der Waals surface area contributed by atoms with Crippen molar-refractivity contribution >= 4 is 11.6 Å². The van der Waals surface area contributed by atoms with Crippen LogP contribution >= 0.6 is 0 Å². The number of hydrogen-bond donors (Lipinski definition) is 3. The lowest BCUT2D eigenvalue weighted by molar-refractivity contribution is 0.138. The van der Waals surface area contributed by atoms with Crippen LogP contribution in [0, 0.1) is 5.92 Å². The van der Waals surface area contributed by atoms with E-state index in [2.05, 4.69) is 41.4 Å². The molecule has 5 nitrogen and oxygen atoms in total. The molecule has 5 heteroatoms. The highest BCUT2D eigenvalue weighted by molar-refractivity contribution is 5.48. The highest BCUT2D eigenvalue weighted by Gasteiger charge is 2.24. The van der Waals surface area contributed by atoms with Gasteiger partial charge in [0.05, 0.1) is 6.10 Å². The first-order valence-electron chi connectivity index (χ1n) is 8.15. The Morgan fingerprint density at radius 2 is 1.95 bits per heavy atom. The normalized spacial score (nSPS) is 21.8. The van der Waals surface area contributed by atoms with E-state index in [9.17, 15) is 5.11 Å². The fraction of sp³-hybridized carbons (Fsp3) is 0.750. The lowest BCUT2D eigenvalue weighted by Gasteiger charge is -2.17. The maximum Gasteiger partial charge on any atom is 0.135 e. The molecule has 1 saturated carbocycles. The summed E-state index contributed by atoms with van der Waals surface area (Å²) in [5, 5.41) is 16.6. The Labute approximate surface area is 127 Å². The summed E-state index contributed by atoms with van der Waals surface area (Å²) in [6.45, 7) is 8.03. The summed E-state index contributed by atoms with van der Waals surface area (Å²) in [7, 11) is 0. The van der Waals surface area contributed by atoms with Crippen molar-refractivity contribution < 1.29 is 5.11 Å². The van der Waals surface area contributed by atoms with Gasteiger partial charge in [-0.05, 0) is 19.3 Å². The predicted octanol–water partition coefficient (Wildman–Crippen LogP) is 2.99. The molecule has 118 valence electrons. The number of aliphatic hydroxyl groups excluding tert-OH is 1. The van der Waals surface area contributed by atoms with Crippen molar-refractivity contribution in [1.82, 2.24) is 9.97 Å². The fourth-order valence-corrected chi connectivity index (χ4v) is 2.65. The van der Waals surface area contributed by atoms with Crippen LogP contribution in [0.2, 0.25) is 0 Å². The molecule has 0 amide bonds. The number of nitrogens with zero attached hydrogens (tertiary/aromatic N) is 2. The van der Waals surface area contributed by atoms with Gasteiger partial charge in [0, 0.05) is 31.0 Å². The summed E-state index contributed by atoms with van der Waals surface area (Å²) in [6.07, 6.45) is 4.05. The average Bonchev–Trinajstić information content (AvgIpc) is 2.88. The molecule has 2 unspecified atom stereocenters. The van der Waals surface area contributed by atoms with Crippen molar-refractivity contribution in [3.63, 3.8) is 0 Å². The largest absolute Gasteiger partial charge is 0.393 e. The van der Waals surface area contributed by atoms with Gasteiger partial charge in [-0.2, -0.15) is 0 Å². The summed E-state index contributed by atoms with van der Waals surface area (Å²) in [5.74, 6) is 3.22. The molecule has 1 fully saturated rings. The minimum atomic E-state index is -0.165. The van der Waals surface area contributed by atoms with E-state index < -0.39 is 0 Å². The number of anilines is 2. The molecule has 2 atom stereocenters. The number of nitrogens with one attached hydrogen (secondary N) is 2. The molecule has 1 aromatic rings. The van der Waals surface area contributed by atoms with E-state index in [4.69, 9.17) is 0 Å². The van der Waals surface area contributed by atoms with Crippen LogP contribution in [0.1, 0.15) is 58.2 Å². The van der Waals surface area contributed by atoms with E-state index in [-0.39, 0.29) is 6.10 Å². The third-order valence-electron chi connectivity index (χ3n) is 3.98. The van der Waals surface area contributed by atoms with E-state index in [0.717, 1.165) is 56.2 Å². The van der Waals surface area contributed by atoms with Crippen LogP contribution < -0.4 is 10.6 Å². The average molecular weight is 292 g/mol. The standard InChI is InChI=1S/C16H28N4O/c1-4-8-17-14-9-15(20-16(19-14)11(2)3)18-10-12-6-5-7-13(12)21/h9,11-13,21H,4-8,10H2,1-3H3,(H2,17,18,19,20). The number of aliphatic hydroxyl groups is 1. The summed E-state index contributed by atoms with van der Waals surface area (Å²) in [4.78, 5) is 9.14. The molecule has 0 spiro atoms. The molecular formula is C16H28N4O. The van der Waals surface area contributed by atoms with Gasteiger partial charge in [-0.3, -0.25) is 0 Å². The van der Waals surface area contributed by atoms with Crippen LogP contribution in [-0.2, 0) is 0 Å². The van der Waals surface area contributed by atoms with Crippen LogP contribution in [-0.4, -0.2) is 34.3 Å². The third-order valence-corrected chi connectivity index (χ3v) is 3.98. The minimum Gasteiger partial charge on any atom is -0.393 e. The van der Waals surface area contributed by atoms with Crippen LogP contribution in [0.15, 0.2) is 6.07 Å². The Hall–Kier alpha value is -1.36. The van der Waals surface area contributed by atoms with Gasteiger partial charge in [0.1, 0.15) is 17.5 Å². The molecule has 0 saturated heterocycles. The zero-order valence-electron chi connectivity index (χ0n) is 13.4.